The molecule has 4 heteroatoms. The zero-order chi connectivity index (χ0) is 12.3. The molecule has 0 spiro atoms. The molecule has 0 saturated heterocycles. The lowest BCUT2D eigenvalue weighted by molar-refractivity contribution is 0.523. The van der Waals surface area contributed by atoms with Crippen molar-refractivity contribution in [1.29, 1.82) is 0 Å². The number of H-pyrrole nitrogens is 1. The van der Waals surface area contributed by atoms with E-state index in [9.17, 15) is 0 Å². The molecule has 96 valence electrons. The van der Waals surface area contributed by atoms with Gasteiger partial charge in [-0.25, -0.2) is 0 Å². The van der Waals surface area contributed by atoms with Crippen LogP contribution in [0, 0.1) is 13.8 Å². The Bertz CT molecular complexity index is 342. The molecule has 0 radical (unpaired) electrons. The highest BCUT2D eigenvalue weighted by Crippen LogP contribution is 2.29. The van der Waals surface area contributed by atoms with Crippen LogP contribution in [0.25, 0.3) is 0 Å². The Kier molecular flexibility index (Phi) is 4.51. The Morgan fingerprint density at radius 2 is 2.24 bits per heavy atom. The summed E-state index contributed by atoms with van der Waals surface area (Å²) in [5, 5.41) is 11.8. The van der Waals surface area contributed by atoms with Crippen molar-refractivity contribution in [3.05, 3.63) is 17.0 Å². The Morgan fingerprint density at radius 1 is 1.41 bits per heavy atom. The van der Waals surface area contributed by atoms with Gasteiger partial charge in [0, 0.05) is 29.1 Å². The second-order valence-electron chi connectivity index (χ2n) is 4.88. The number of nitrogens with zero attached hydrogens (tertiary/aromatic N) is 1. The van der Waals surface area contributed by atoms with Crippen LogP contribution in [0.15, 0.2) is 0 Å². The zero-order valence-corrected chi connectivity index (χ0v) is 11.9. The van der Waals surface area contributed by atoms with Crippen LogP contribution < -0.4 is 5.32 Å². The van der Waals surface area contributed by atoms with Gasteiger partial charge in [-0.1, -0.05) is 6.92 Å². The Labute approximate surface area is 108 Å². The van der Waals surface area contributed by atoms with Crippen LogP contribution >= 0.6 is 11.8 Å². The minimum absolute atomic E-state index is 0.702. The number of thioether (sulfide) groups is 1. The van der Waals surface area contributed by atoms with E-state index >= 15 is 0 Å². The van der Waals surface area contributed by atoms with Crippen molar-refractivity contribution < 1.29 is 0 Å². The number of rotatable bonds is 5. The van der Waals surface area contributed by atoms with Crippen molar-refractivity contribution in [2.75, 3.05) is 5.75 Å². The molecule has 0 aliphatic heterocycles. The second-order valence-corrected chi connectivity index (χ2v) is 6.46. The van der Waals surface area contributed by atoms with Crippen molar-refractivity contribution in [1.82, 2.24) is 15.5 Å². The van der Waals surface area contributed by atoms with Gasteiger partial charge in [0.25, 0.3) is 0 Å². The van der Waals surface area contributed by atoms with E-state index in [4.69, 9.17) is 0 Å². The lowest BCUT2D eigenvalue weighted by Crippen LogP contribution is -2.26. The fourth-order valence-corrected chi connectivity index (χ4v) is 3.74. The zero-order valence-electron chi connectivity index (χ0n) is 11.0. The van der Waals surface area contributed by atoms with E-state index in [0.717, 1.165) is 17.5 Å². The van der Waals surface area contributed by atoms with Crippen molar-refractivity contribution >= 4 is 11.8 Å². The van der Waals surface area contributed by atoms with E-state index in [1.54, 1.807) is 0 Å². The molecular formula is C13H23N3S. The second kappa shape index (κ2) is 5.91. The summed E-state index contributed by atoms with van der Waals surface area (Å²) in [6.07, 6.45) is 4.03. The summed E-state index contributed by atoms with van der Waals surface area (Å²) in [7, 11) is 0. The van der Waals surface area contributed by atoms with E-state index in [0.29, 0.717) is 6.04 Å². The highest BCUT2D eigenvalue weighted by atomic mass is 32.2. The van der Waals surface area contributed by atoms with Crippen LogP contribution in [-0.4, -0.2) is 27.2 Å². The topological polar surface area (TPSA) is 40.7 Å². The Hall–Kier alpha value is -0.480. The Morgan fingerprint density at radius 3 is 2.88 bits per heavy atom. The molecule has 1 aromatic rings. The van der Waals surface area contributed by atoms with Gasteiger partial charge in [-0.3, -0.25) is 5.10 Å². The molecule has 1 aliphatic carbocycles. The highest BCUT2D eigenvalue weighted by molar-refractivity contribution is 7.99. The lowest BCUT2D eigenvalue weighted by Gasteiger charge is -2.13. The number of aryl methyl sites for hydroxylation is 2. The minimum atomic E-state index is 0.702. The van der Waals surface area contributed by atoms with Gasteiger partial charge >= 0.3 is 0 Å². The van der Waals surface area contributed by atoms with Crippen LogP contribution in [0.1, 0.15) is 43.1 Å². The Balaban J connectivity index is 1.80. The predicted molar refractivity (Wildman–Crippen MR) is 74.5 cm³/mol. The third kappa shape index (κ3) is 3.26. The molecular weight excluding hydrogens is 230 g/mol. The number of hydrogen-bond acceptors (Lipinski definition) is 3. The summed E-state index contributed by atoms with van der Waals surface area (Å²) in [6, 6.07) is 0.702. The maximum absolute atomic E-state index is 4.24. The molecule has 17 heavy (non-hydrogen) atoms. The van der Waals surface area contributed by atoms with Gasteiger partial charge in [-0.15, -0.1) is 0 Å². The van der Waals surface area contributed by atoms with Crippen LogP contribution in [0.4, 0.5) is 0 Å². The molecule has 1 aromatic heterocycles. The molecule has 2 atom stereocenters. The first-order valence-electron chi connectivity index (χ1n) is 6.56. The third-order valence-corrected chi connectivity index (χ3v) is 4.87. The SMILES string of the molecule is CCSC1CCC(NCc2c(C)n[nH]c2C)C1. The fourth-order valence-electron chi connectivity index (χ4n) is 2.59. The predicted octanol–water partition coefficient (Wildman–Crippen LogP) is 2.79. The first-order chi connectivity index (χ1) is 8.20. The number of aromatic nitrogens is 2. The van der Waals surface area contributed by atoms with Crippen molar-refractivity contribution in [3.63, 3.8) is 0 Å². The maximum Gasteiger partial charge on any atom is 0.0638 e. The smallest absolute Gasteiger partial charge is 0.0638 e. The average Bonchev–Trinajstić information content (AvgIpc) is 2.86. The van der Waals surface area contributed by atoms with Crippen LogP contribution in [0.3, 0.4) is 0 Å². The van der Waals surface area contributed by atoms with E-state index < -0.39 is 0 Å². The van der Waals surface area contributed by atoms with Gasteiger partial charge in [0.15, 0.2) is 0 Å². The van der Waals surface area contributed by atoms with E-state index in [-0.39, 0.29) is 0 Å². The van der Waals surface area contributed by atoms with Crippen LogP contribution in [0.5, 0.6) is 0 Å². The monoisotopic (exact) mass is 253 g/mol. The largest absolute Gasteiger partial charge is 0.310 e. The molecule has 0 bridgehead atoms. The van der Waals surface area contributed by atoms with Crippen molar-refractivity contribution in [2.24, 2.45) is 0 Å². The van der Waals surface area contributed by atoms with Gasteiger partial charge in [-0.2, -0.15) is 16.9 Å². The molecule has 1 aliphatic rings. The molecule has 1 heterocycles. The molecule has 2 rings (SSSR count). The number of nitrogens with one attached hydrogen (secondary N) is 2. The summed E-state index contributed by atoms with van der Waals surface area (Å²) in [5.74, 6) is 1.25. The van der Waals surface area contributed by atoms with E-state index in [1.165, 1.54) is 36.3 Å². The summed E-state index contributed by atoms with van der Waals surface area (Å²) in [5.41, 5.74) is 3.68. The minimum Gasteiger partial charge on any atom is -0.310 e. The molecule has 2 unspecified atom stereocenters. The van der Waals surface area contributed by atoms with Gasteiger partial charge in [0.1, 0.15) is 0 Å². The van der Waals surface area contributed by atoms with Crippen LogP contribution in [-0.2, 0) is 6.54 Å². The quantitative estimate of drug-likeness (QED) is 0.848. The van der Waals surface area contributed by atoms with Gasteiger partial charge in [0.05, 0.1) is 5.69 Å². The highest BCUT2D eigenvalue weighted by Gasteiger charge is 2.24. The molecule has 3 nitrogen and oxygen atoms in total. The molecule has 0 amide bonds. The summed E-state index contributed by atoms with van der Waals surface area (Å²) in [4.78, 5) is 0. The number of aromatic amines is 1. The normalized spacial score (nSPS) is 24.4. The fraction of sp³-hybridized carbons (Fsp3) is 0.769. The summed E-state index contributed by atoms with van der Waals surface area (Å²) >= 11 is 2.11. The molecule has 2 N–H and O–H groups in total. The average molecular weight is 253 g/mol. The third-order valence-electron chi connectivity index (χ3n) is 3.64. The summed E-state index contributed by atoms with van der Waals surface area (Å²) < 4.78 is 0. The van der Waals surface area contributed by atoms with Crippen molar-refractivity contribution in [3.8, 4) is 0 Å². The van der Waals surface area contributed by atoms with Crippen molar-refractivity contribution in [2.45, 2.75) is 57.9 Å². The summed E-state index contributed by atoms with van der Waals surface area (Å²) in [6.45, 7) is 7.39. The van der Waals surface area contributed by atoms with Gasteiger partial charge < -0.3 is 5.32 Å². The maximum atomic E-state index is 4.24. The molecule has 1 saturated carbocycles. The van der Waals surface area contributed by atoms with Gasteiger partial charge in [0.2, 0.25) is 0 Å². The first-order valence-corrected chi connectivity index (χ1v) is 7.61. The van der Waals surface area contributed by atoms with Gasteiger partial charge in [-0.05, 0) is 38.9 Å². The molecule has 0 aromatic carbocycles. The molecule has 1 fully saturated rings. The first kappa shape index (κ1) is 13.0. The lowest BCUT2D eigenvalue weighted by atomic mass is 10.1. The van der Waals surface area contributed by atoms with E-state index in [1.807, 2.05) is 0 Å². The van der Waals surface area contributed by atoms with Crippen LogP contribution in [0.2, 0.25) is 0 Å². The standard InChI is InChI=1S/C13H23N3S/c1-4-17-12-6-5-11(7-12)14-8-13-9(2)15-16-10(13)3/h11-12,14H,4-8H2,1-3H3,(H,15,16). The number of hydrogen-bond donors (Lipinski definition) is 2. The van der Waals surface area contributed by atoms with E-state index in [2.05, 4.69) is 48.0 Å².